The highest BCUT2D eigenvalue weighted by molar-refractivity contribution is 5.85. The van der Waals surface area contributed by atoms with Crippen molar-refractivity contribution in [1.82, 2.24) is 0 Å². The zero-order chi connectivity index (χ0) is 41.5. The zero-order valence-corrected chi connectivity index (χ0v) is 34.8. The average molecular weight is 823 g/mol. The van der Waals surface area contributed by atoms with E-state index in [9.17, 15) is 35.1 Å². The number of aliphatic hydroxyl groups is 5. The highest BCUT2D eigenvalue weighted by atomic mass is 16.7. The topological polar surface area (TPSA) is 209 Å². The van der Waals surface area contributed by atoms with Crippen LogP contribution < -0.4 is 0 Å². The second-order valence-corrected chi connectivity index (χ2v) is 19.5. The maximum absolute atomic E-state index is 12.6. The van der Waals surface area contributed by atoms with Crippen molar-refractivity contribution in [3.63, 3.8) is 0 Å². The fourth-order valence-electron chi connectivity index (χ4n) is 13.2. The summed E-state index contributed by atoms with van der Waals surface area (Å²) in [6.45, 7) is 11.3. The third kappa shape index (κ3) is 7.60. The fraction of sp³-hybridized carbons (Fsp3) is 0.907. The molecule has 4 aliphatic carbocycles. The monoisotopic (exact) mass is 822 g/mol. The lowest BCUT2D eigenvalue weighted by Gasteiger charge is -2.63. The van der Waals surface area contributed by atoms with E-state index in [0.717, 1.165) is 50.5 Å². The molecule has 328 valence electrons. The van der Waals surface area contributed by atoms with Gasteiger partial charge in [-0.1, -0.05) is 13.8 Å². The van der Waals surface area contributed by atoms with Gasteiger partial charge in [0.2, 0.25) is 0 Å². The molecule has 4 saturated carbocycles. The van der Waals surface area contributed by atoms with Crippen molar-refractivity contribution in [2.45, 2.75) is 204 Å². The van der Waals surface area contributed by atoms with Crippen LogP contribution in [-0.4, -0.2) is 136 Å². The van der Waals surface area contributed by atoms with Crippen molar-refractivity contribution in [3.05, 3.63) is 11.6 Å². The minimum Gasteiger partial charge on any atom is -0.459 e. The highest BCUT2D eigenvalue weighted by Crippen LogP contribution is 2.70. The van der Waals surface area contributed by atoms with Crippen LogP contribution in [0.3, 0.4) is 0 Å². The van der Waals surface area contributed by atoms with Crippen LogP contribution in [0.15, 0.2) is 11.6 Å². The van der Waals surface area contributed by atoms with Gasteiger partial charge in [0, 0.05) is 50.0 Å². The SMILES string of the molecule is CC(=O)O[C@H]1C[C@H](O[C@H]2[C@@H](O)CC(O[C@H]3CC[C@@]4(C)[C@H](CC[C@@H]5[C@@H]4CC[C@]4(C)[C@@H](C6=CC(=O)OC6)[C@@H](O)C[C@]54O)C3)O[C@@H]2C)O[C@H](C)[C@H]1O[C@H]1C[C@H](O)[C@H](O)[C@@H](C)O1. The Kier molecular flexibility index (Phi) is 12.0. The summed E-state index contributed by atoms with van der Waals surface area (Å²) < 4.78 is 48.3. The molecule has 15 heteroatoms. The molecule has 4 heterocycles. The van der Waals surface area contributed by atoms with E-state index in [1.165, 1.54) is 13.0 Å². The molecule has 21 atom stereocenters. The number of carbonyl (C=O) groups is 2. The lowest BCUT2D eigenvalue weighted by Crippen LogP contribution is -2.62. The number of fused-ring (bicyclic) bond motifs is 5. The first-order chi connectivity index (χ1) is 27.4. The Labute approximate surface area is 341 Å². The van der Waals surface area contributed by atoms with E-state index in [2.05, 4.69) is 13.8 Å². The van der Waals surface area contributed by atoms with Crippen LogP contribution in [0.5, 0.6) is 0 Å². The van der Waals surface area contributed by atoms with Gasteiger partial charge in [-0.3, -0.25) is 4.79 Å². The largest absolute Gasteiger partial charge is 0.459 e. The van der Waals surface area contributed by atoms with Gasteiger partial charge in [0.05, 0.1) is 48.3 Å². The summed E-state index contributed by atoms with van der Waals surface area (Å²) in [5.41, 5.74) is -0.726. The number of esters is 2. The first-order valence-electron chi connectivity index (χ1n) is 21.8. The van der Waals surface area contributed by atoms with Crippen LogP contribution in [0, 0.1) is 34.5 Å². The van der Waals surface area contributed by atoms with Crippen molar-refractivity contribution in [1.29, 1.82) is 0 Å². The Hall–Kier alpha value is -1.76. The standard InChI is InChI=1S/C43H66O15/c1-20-38(49)29(45)15-35(52-20)58-40-22(3)54-36(17-32(40)55-23(4)44)57-39-21(2)53-34(16-30(39)46)56-26-9-11-41(5)25(14-26)7-8-28-27(41)10-12-42(6)37(24-13-33(48)51-19-24)31(47)18-43(28,42)50/h13,20-22,25-32,34-40,45-47,49-50H,7-12,14-19H2,1-6H3/t20-,21-,22-,25-,26+,27+,28-,29+,30+,31+,32+,34?,35+,36+,37+,38-,39-,40-,41+,42-,43+/m1/s1. The van der Waals surface area contributed by atoms with Crippen LogP contribution in [-0.2, 0) is 47.5 Å². The summed E-state index contributed by atoms with van der Waals surface area (Å²) in [6.07, 6.45) is -1.53. The van der Waals surface area contributed by atoms with Crippen LogP contribution in [0.25, 0.3) is 0 Å². The molecular formula is C43H66O15. The minimum atomic E-state index is -1.03. The first kappa shape index (κ1) is 42.9. The van der Waals surface area contributed by atoms with Gasteiger partial charge < -0.3 is 63.4 Å². The van der Waals surface area contributed by atoms with Crippen molar-refractivity contribution in [2.24, 2.45) is 34.5 Å². The summed E-state index contributed by atoms with van der Waals surface area (Å²) in [5, 5.41) is 55.7. The van der Waals surface area contributed by atoms with Crippen LogP contribution in [0.1, 0.15) is 112 Å². The normalized spacial score (nSPS) is 53.2. The van der Waals surface area contributed by atoms with Crippen molar-refractivity contribution in [2.75, 3.05) is 6.61 Å². The average Bonchev–Trinajstić information content (AvgIpc) is 3.65. The third-order valence-corrected chi connectivity index (χ3v) is 16.1. The molecule has 0 aromatic carbocycles. The fourth-order valence-corrected chi connectivity index (χ4v) is 13.2. The van der Waals surface area contributed by atoms with E-state index in [1.807, 2.05) is 6.92 Å². The molecular weight excluding hydrogens is 756 g/mol. The second kappa shape index (κ2) is 16.2. The lowest BCUT2D eigenvalue weighted by atomic mass is 9.43. The molecule has 0 aromatic rings. The molecule has 58 heavy (non-hydrogen) atoms. The Bertz CT molecular complexity index is 1530. The summed E-state index contributed by atoms with van der Waals surface area (Å²) in [4.78, 5) is 24.1. The van der Waals surface area contributed by atoms with Gasteiger partial charge in [0.15, 0.2) is 18.9 Å². The zero-order valence-electron chi connectivity index (χ0n) is 34.8. The number of carbonyl (C=O) groups excluding carboxylic acids is 2. The maximum atomic E-state index is 12.6. The van der Waals surface area contributed by atoms with Gasteiger partial charge >= 0.3 is 11.9 Å². The van der Waals surface area contributed by atoms with Gasteiger partial charge in [-0.2, -0.15) is 0 Å². The molecule has 8 aliphatic rings. The summed E-state index contributed by atoms with van der Waals surface area (Å²) in [6, 6.07) is 0. The molecule has 0 aromatic heterocycles. The van der Waals surface area contributed by atoms with E-state index in [1.54, 1.807) is 13.8 Å². The van der Waals surface area contributed by atoms with Gasteiger partial charge in [-0.05, 0) is 94.5 Å². The van der Waals surface area contributed by atoms with Crippen LogP contribution >= 0.6 is 0 Å². The molecule has 1 unspecified atom stereocenters. The van der Waals surface area contributed by atoms with Gasteiger partial charge in [0.1, 0.15) is 31.0 Å². The maximum Gasteiger partial charge on any atom is 0.331 e. The quantitative estimate of drug-likeness (QED) is 0.176. The molecule has 7 fully saturated rings. The van der Waals surface area contributed by atoms with Gasteiger partial charge in [0.25, 0.3) is 0 Å². The third-order valence-electron chi connectivity index (χ3n) is 16.1. The van der Waals surface area contributed by atoms with E-state index in [-0.39, 0.29) is 55.2 Å². The predicted octanol–water partition coefficient (Wildman–Crippen LogP) is 2.79. The van der Waals surface area contributed by atoms with E-state index in [4.69, 9.17) is 37.9 Å². The van der Waals surface area contributed by atoms with Crippen LogP contribution in [0.4, 0.5) is 0 Å². The molecule has 4 aliphatic heterocycles. The molecule has 0 bridgehead atoms. The van der Waals surface area contributed by atoms with E-state index >= 15 is 0 Å². The number of hydrogen-bond donors (Lipinski definition) is 5. The Balaban J connectivity index is 0.851. The molecule has 3 saturated heterocycles. The minimum absolute atomic E-state index is 0.0183. The van der Waals surface area contributed by atoms with Crippen molar-refractivity contribution >= 4 is 11.9 Å². The van der Waals surface area contributed by atoms with Crippen molar-refractivity contribution < 1.29 is 73.0 Å². The second-order valence-electron chi connectivity index (χ2n) is 19.5. The first-order valence-corrected chi connectivity index (χ1v) is 21.8. The van der Waals surface area contributed by atoms with E-state index in [0.29, 0.717) is 18.3 Å². The number of ether oxygens (including phenoxy) is 8. The summed E-state index contributed by atoms with van der Waals surface area (Å²) >= 11 is 0. The summed E-state index contributed by atoms with van der Waals surface area (Å²) in [7, 11) is 0. The number of hydrogen-bond acceptors (Lipinski definition) is 15. The smallest absolute Gasteiger partial charge is 0.331 e. The Morgan fingerprint density at radius 1 is 0.759 bits per heavy atom. The number of rotatable bonds is 8. The molecule has 5 N–H and O–H groups in total. The Morgan fingerprint density at radius 2 is 1.41 bits per heavy atom. The molecule has 0 spiro atoms. The number of aliphatic hydroxyl groups excluding tert-OH is 4. The lowest BCUT2D eigenvalue weighted by molar-refractivity contribution is -0.336. The predicted molar refractivity (Wildman–Crippen MR) is 202 cm³/mol. The molecule has 8 rings (SSSR count). The number of cyclic esters (lactones) is 1. The molecule has 0 amide bonds. The molecule has 15 nitrogen and oxygen atoms in total. The van der Waals surface area contributed by atoms with E-state index < -0.39 is 96.9 Å². The Morgan fingerprint density at radius 3 is 2.09 bits per heavy atom. The highest BCUT2D eigenvalue weighted by Gasteiger charge is 2.70. The van der Waals surface area contributed by atoms with Crippen molar-refractivity contribution in [3.8, 4) is 0 Å². The van der Waals surface area contributed by atoms with Gasteiger partial charge in [-0.15, -0.1) is 0 Å². The molecule has 0 radical (unpaired) electrons. The van der Waals surface area contributed by atoms with Gasteiger partial charge in [-0.25, -0.2) is 4.79 Å². The summed E-state index contributed by atoms with van der Waals surface area (Å²) in [5.74, 6) is -0.377. The van der Waals surface area contributed by atoms with Crippen LogP contribution in [0.2, 0.25) is 0 Å².